The van der Waals surface area contributed by atoms with Crippen molar-refractivity contribution in [2.45, 2.75) is 58.3 Å². The van der Waals surface area contributed by atoms with Gasteiger partial charge in [-0.3, -0.25) is 0 Å². The zero-order chi connectivity index (χ0) is 12.2. The third-order valence-corrected chi connectivity index (χ3v) is 3.06. The van der Waals surface area contributed by atoms with Gasteiger partial charge in [-0.15, -0.1) is 0 Å². The van der Waals surface area contributed by atoms with Crippen LogP contribution in [0.1, 0.15) is 46.4 Å². The molecule has 0 radical (unpaired) electrons. The van der Waals surface area contributed by atoms with Crippen molar-refractivity contribution in [3.05, 3.63) is 18.2 Å². The lowest BCUT2D eigenvalue weighted by Gasteiger charge is -2.26. The van der Waals surface area contributed by atoms with Crippen LogP contribution in [0.25, 0.3) is 0 Å². The van der Waals surface area contributed by atoms with Crippen LogP contribution in [0.3, 0.4) is 0 Å². The molecule has 0 fully saturated rings. The van der Waals surface area contributed by atoms with Gasteiger partial charge in [0, 0.05) is 30.2 Å². The zero-order valence-corrected chi connectivity index (χ0v) is 12.4. The molecule has 1 unspecified atom stereocenters. The van der Waals surface area contributed by atoms with Gasteiger partial charge in [0.1, 0.15) is 5.82 Å². The van der Waals surface area contributed by atoms with Crippen LogP contribution in [-0.2, 0) is 13.0 Å². The Bertz CT molecular complexity index is 315. The van der Waals surface area contributed by atoms with E-state index < -0.39 is 0 Å². The van der Waals surface area contributed by atoms with Gasteiger partial charge in [0.25, 0.3) is 0 Å². The average Bonchev–Trinajstić information content (AvgIpc) is 2.50. The fourth-order valence-electron chi connectivity index (χ4n) is 2.21. The fraction of sp³-hybridized carbons (Fsp3) is 0.769. The van der Waals surface area contributed by atoms with E-state index in [2.05, 4.69) is 59.4 Å². The first-order valence-corrected chi connectivity index (χ1v) is 7.00. The molecule has 0 bridgehead atoms. The van der Waals surface area contributed by atoms with Crippen molar-refractivity contribution in [2.75, 3.05) is 0 Å². The third-order valence-electron chi connectivity index (χ3n) is 2.74. The molecular formula is C13H23BrN2. The summed E-state index contributed by atoms with van der Waals surface area (Å²) in [4.78, 5) is 5.04. The van der Waals surface area contributed by atoms with Crippen molar-refractivity contribution in [3.63, 3.8) is 0 Å². The van der Waals surface area contributed by atoms with Gasteiger partial charge in [0.05, 0.1) is 0 Å². The highest BCUT2D eigenvalue weighted by Crippen LogP contribution is 2.29. The van der Waals surface area contributed by atoms with E-state index in [1.54, 1.807) is 0 Å². The Labute approximate surface area is 108 Å². The summed E-state index contributed by atoms with van der Waals surface area (Å²) in [6.45, 7) is 10.1. The Kier molecular flexibility index (Phi) is 5.03. The lowest BCUT2D eigenvalue weighted by Crippen LogP contribution is -2.21. The number of imidazole rings is 1. The maximum absolute atomic E-state index is 4.47. The Morgan fingerprint density at radius 2 is 2.19 bits per heavy atom. The first kappa shape index (κ1) is 13.8. The average molecular weight is 287 g/mol. The minimum Gasteiger partial charge on any atom is -0.335 e. The van der Waals surface area contributed by atoms with E-state index in [0.717, 1.165) is 13.0 Å². The van der Waals surface area contributed by atoms with E-state index in [-0.39, 0.29) is 0 Å². The molecule has 1 atom stereocenters. The molecular weight excluding hydrogens is 264 g/mol. The van der Waals surface area contributed by atoms with Gasteiger partial charge >= 0.3 is 0 Å². The number of halogens is 1. The van der Waals surface area contributed by atoms with E-state index in [0.29, 0.717) is 10.2 Å². The van der Waals surface area contributed by atoms with Gasteiger partial charge in [-0.25, -0.2) is 4.98 Å². The third kappa shape index (κ3) is 4.28. The number of nitrogens with zero attached hydrogens (tertiary/aromatic N) is 2. The maximum Gasteiger partial charge on any atom is 0.109 e. The van der Waals surface area contributed by atoms with Crippen molar-refractivity contribution < 1.29 is 0 Å². The molecule has 0 aliphatic carbocycles. The Hall–Kier alpha value is -0.310. The van der Waals surface area contributed by atoms with Gasteiger partial charge < -0.3 is 4.57 Å². The molecule has 0 aliphatic heterocycles. The van der Waals surface area contributed by atoms with E-state index >= 15 is 0 Å². The number of rotatable bonds is 6. The van der Waals surface area contributed by atoms with Crippen molar-refractivity contribution >= 4 is 15.9 Å². The zero-order valence-electron chi connectivity index (χ0n) is 10.8. The quantitative estimate of drug-likeness (QED) is 0.722. The van der Waals surface area contributed by atoms with Crippen LogP contribution in [0.5, 0.6) is 0 Å². The SMILES string of the molecule is CCCn1ccnc1CC(C)(C)CC(C)Br. The van der Waals surface area contributed by atoms with E-state index in [1.807, 2.05) is 6.20 Å². The normalized spacial score (nSPS) is 14.1. The van der Waals surface area contributed by atoms with E-state index in [9.17, 15) is 0 Å². The van der Waals surface area contributed by atoms with Crippen molar-refractivity contribution in [2.24, 2.45) is 5.41 Å². The van der Waals surface area contributed by atoms with Gasteiger partial charge in [-0.2, -0.15) is 0 Å². The van der Waals surface area contributed by atoms with Crippen molar-refractivity contribution in [1.82, 2.24) is 9.55 Å². The summed E-state index contributed by atoms with van der Waals surface area (Å²) >= 11 is 3.64. The molecule has 0 spiro atoms. The summed E-state index contributed by atoms with van der Waals surface area (Å²) < 4.78 is 2.28. The summed E-state index contributed by atoms with van der Waals surface area (Å²) in [5, 5.41) is 0. The molecule has 3 heteroatoms. The molecule has 0 amide bonds. The molecule has 92 valence electrons. The van der Waals surface area contributed by atoms with Gasteiger partial charge in [-0.05, 0) is 18.3 Å². The van der Waals surface area contributed by atoms with Crippen LogP contribution in [0, 0.1) is 5.41 Å². The highest BCUT2D eigenvalue weighted by atomic mass is 79.9. The molecule has 1 heterocycles. The summed E-state index contributed by atoms with van der Waals surface area (Å²) in [6, 6.07) is 0. The maximum atomic E-state index is 4.47. The summed E-state index contributed by atoms with van der Waals surface area (Å²) in [5.41, 5.74) is 0.305. The predicted octanol–water partition coefficient (Wildman–Crippen LogP) is 4.04. The number of aromatic nitrogens is 2. The Morgan fingerprint density at radius 1 is 1.50 bits per heavy atom. The Morgan fingerprint density at radius 3 is 2.75 bits per heavy atom. The largest absolute Gasteiger partial charge is 0.335 e. The first-order chi connectivity index (χ1) is 7.44. The highest BCUT2D eigenvalue weighted by molar-refractivity contribution is 9.09. The molecule has 1 aromatic rings. The molecule has 0 saturated heterocycles. The molecule has 0 N–H and O–H groups in total. The fourth-order valence-corrected chi connectivity index (χ4v) is 3.09. The number of hydrogen-bond acceptors (Lipinski definition) is 1. The van der Waals surface area contributed by atoms with E-state index in [1.165, 1.54) is 18.7 Å². The second-order valence-electron chi connectivity index (χ2n) is 5.36. The van der Waals surface area contributed by atoms with Crippen molar-refractivity contribution in [1.29, 1.82) is 0 Å². The summed E-state index contributed by atoms with van der Waals surface area (Å²) in [7, 11) is 0. The Balaban J connectivity index is 2.67. The summed E-state index contributed by atoms with van der Waals surface area (Å²) in [5.74, 6) is 1.22. The van der Waals surface area contributed by atoms with Crippen LogP contribution >= 0.6 is 15.9 Å². The summed E-state index contributed by atoms with van der Waals surface area (Å²) in [6.07, 6.45) is 7.39. The molecule has 16 heavy (non-hydrogen) atoms. The van der Waals surface area contributed by atoms with Crippen LogP contribution in [0.4, 0.5) is 0 Å². The van der Waals surface area contributed by atoms with Crippen LogP contribution in [0.15, 0.2) is 12.4 Å². The number of hydrogen-bond donors (Lipinski definition) is 0. The lowest BCUT2D eigenvalue weighted by molar-refractivity contribution is 0.322. The number of aryl methyl sites for hydroxylation is 1. The number of alkyl halides is 1. The topological polar surface area (TPSA) is 17.8 Å². The molecule has 2 nitrogen and oxygen atoms in total. The second kappa shape index (κ2) is 5.85. The van der Waals surface area contributed by atoms with Crippen LogP contribution in [0.2, 0.25) is 0 Å². The minimum absolute atomic E-state index is 0.305. The van der Waals surface area contributed by atoms with E-state index in [4.69, 9.17) is 0 Å². The molecule has 1 aromatic heterocycles. The smallest absolute Gasteiger partial charge is 0.109 e. The molecule has 1 rings (SSSR count). The van der Waals surface area contributed by atoms with Gasteiger partial charge in [0.2, 0.25) is 0 Å². The minimum atomic E-state index is 0.305. The lowest BCUT2D eigenvalue weighted by atomic mass is 9.84. The van der Waals surface area contributed by atoms with Gasteiger partial charge in [-0.1, -0.05) is 43.6 Å². The van der Waals surface area contributed by atoms with Crippen LogP contribution in [-0.4, -0.2) is 14.4 Å². The monoisotopic (exact) mass is 286 g/mol. The van der Waals surface area contributed by atoms with Crippen LogP contribution < -0.4 is 0 Å². The highest BCUT2D eigenvalue weighted by Gasteiger charge is 2.22. The molecule has 0 saturated carbocycles. The standard InChI is InChI=1S/C13H23BrN2/c1-5-7-16-8-6-15-12(16)10-13(3,4)9-11(2)14/h6,8,11H,5,7,9-10H2,1-4H3. The van der Waals surface area contributed by atoms with Crippen molar-refractivity contribution in [3.8, 4) is 0 Å². The van der Waals surface area contributed by atoms with Gasteiger partial charge in [0.15, 0.2) is 0 Å². The molecule has 0 aromatic carbocycles. The predicted molar refractivity (Wildman–Crippen MR) is 73.0 cm³/mol. The second-order valence-corrected chi connectivity index (χ2v) is 6.93. The first-order valence-electron chi connectivity index (χ1n) is 6.08. The molecule has 0 aliphatic rings.